The molecule has 134 valence electrons. The van der Waals surface area contributed by atoms with Crippen molar-refractivity contribution in [1.29, 1.82) is 0 Å². The third-order valence-corrected chi connectivity index (χ3v) is 6.10. The summed E-state index contributed by atoms with van der Waals surface area (Å²) >= 11 is 17.7. The summed E-state index contributed by atoms with van der Waals surface area (Å²) in [4.78, 5) is 12.1. The average molecular weight is 422 g/mol. The van der Waals surface area contributed by atoms with E-state index in [1.54, 1.807) is 25.1 Å². The molecule has 0 spiro atoms. The van der Waals surface area contributed by atoms with Crippen LogP contribution in [-0.4, -0.2) is 20.4 Å². The molecule has 0 aliphatic heterocycles. The SMILES string of the molecule is Cc1c(Cl)cccc1NC(=O)C(C)NS(=O)(=O)c1cc(Cl)ccc1Cl. The fourth-order valence-corrected chi connectivity index (χ4v) is 4.16. The molecular weight excluding hydrogens is 407 g/mol. The molecule has 25 heavy (non-hydrogen) atoms. The van der Waals surface area contributed by atoms with Gasteiger partial charge in [-0.3, -0.25) is 4.79 Å². The lowest BCUT2D eigenvalue weighted by atomic mass is 10.2. The number of amides is 1. The normalized spacial score (nSPS) is 12.7. The number of sulfonamides is 1. The highest BCUT2D eigenvalue weighted by molar-refractivity contribution is 7.89. The van der Waals surface area contributed by atoms with Crippen molar-refractivity contribution in [2.24, 2.45) is 0 Å². The number of hydrogen-bond donors (Lipinski definition) is 2. The van der Waals surface area contributed by atoms with E-state index in [9.17, 15) is 13.2 Å². The summed E-state index contributed by atoms with van der Waals surface area (Å²) in [5, 5.41) is 3.37. The molecule has 5 nitrogen and oxygen atoms in total. The van der Waals surface area contributed by atoms with E-state index in [-0.39, 0.29) is 14.9 Å². The fraction of sp³-hybridized carbons (Fsp3) is 0.188. The average Bonchev–Trinajstić information content (AvgIpc) is 2.53. The number of anilines is 1. The molecule has 1 unspecified atom stereocenters. The molecule has 0 saturated heterocycles. The molecule has 0 saturated carbocycles. The smallest absolute Gasteiger partial charge is 0.242 e. The van der Waals surface area contributed by atoms with Gasteiger partial charge in [-0.1, -0.05) is 40.9 Å². The van der Waals surface area contributed by atoms with Crippen LogP contribution in [0.3, 0.4) is 0 Å². The Morgan fingerprint density at radius 3 is 2.44 bits per heavy atom. The zero-order chi connectivity index (χ0) is 18.8. The predicted octanol–water partition coefficient (Wildman–Crippen LogP) is 4.26. The van der Waals surface area contributed by atoms with Crippen LogP contribution in [0.2, 0.25) is 15.1 Å². The minimum atomic E-state index is -4.02. The Balaban J connectivity index is 2.17. The number of halogens is 3. The molecule has 0 aliphatic rings. The molecule has 0 heterocycles. The molecular formula is C16H15Cl3N2O3S. The van der Waals surface area contributed by atoms with Crippen molar-refractivity contribution >= 4 is 56.4 Å². The molecule has 0 aromatic heterocycles. The van der Waals surface area contributed by atoms with Crippen LogP contribution in [0.1, 0.15) is 12.5 Å². The zero-order valence-corrected chi connectivity index (χ0v) is 16.4. The van der Waals surface area contributed by atoms with Crippen molar-refractivity contribution in [1.82, 2.24) is 4.72 Å². The standard InChI is InChI=1S/C16H15Cl3N2O3S/c1-9-12(18)4-3-5-14(9)20-16(22)10(2)21-25(23,24)15-8-11(17)6-7-13(15)19/h3-8,10,21H,1-2H3,(H,20,22). The van der Waals surface area contributed by atoms with Crippen molar-refractivity contribution in [2.45, 2.75) is 24.8 Å². The van der Waals surface area contributed by atoms with Crippen LogP contribution in [0.15, 0.2) is 41.3 Å². The van der Waals surface area contributed by atoms with E-state index >= 15 is 0 Å². The van der Waals surface area contributed by atoms with Crippen molar-refractivity contribution in [3.05, 3.63) is 57.0 Å². The maximum absolute atomic E-state index is 12.4. The topological polar surface area (TPSA) is 75.3 Å². The van der Waals surface area contributed by atoms with Crippen LogP contribution in [0.5, 0.6) is 0 Å². The zero-order valence-electron chi connectivity index (χ0n) is 13.3. The van der Waals surface area contributed by atoms with Gasteiger partial charge in [0.25, 0.3) is 0 Å². The molecule has 2 aromatic rings. The first-order valence-electron chi connectivity index (χ1n) is 7.15. The molecule has 0 radical (unpaired) electrons. The highest BCUT2D eigenvalue weighted by atomic mass is 35.5. The van der Waals surface area contributed by atoms with Crippen molar-refractivity contribution < 1.29 is 13.2 Å². The van der Waals surface area contributed by atoms with Gasteiger partial charge in [-0.15, -0.1) is 0 Å². The Bertz CT molecular complexity index is 917. The van der Waals surface area contributed by atoms with Crippen molar-refractivity contribution in [3.8, 4) is 0 Å². The maximum atomic E-state index is 12.4. The Morgan fingerprint density at radius 1 is 1.08 bits per heavy atom. The van der Waals surface area contributed by atoms with E-state index in [4.69, 9.17) is 34.8 Å². The molecule has 0 fully saturated rings. The number of rotatable bonds is 5. The van der Waals surface area contributed by atoms with Crippen LogP contribution < -0.4 is 10.0 Å². The number of carbonyl (C=O) groups is 1. The monoisotopic (exact) mass is 420 g/mol. The van der Waals surface area contributed by atoms with Crippen LogP contribution in [0.4, 0.5) is 5.69 Å². The van der Waals surface area contributed by atoms with Gasteiger partial charge in [-0.05, 0) is 49.7 Å². The van der Waals surface area contributed by atoms with Crippen LogP contribution in [0.25, 0.3) is 0 Å². The van der Waals surface area contributed by atoms with Crippen LogP contribution >= 0.6 is 34.8 Å². The lowest BCUT2D eigenvalue weighted by Gasteiger charge is -2.16. The van der Waals surface area contributed by atoms with Crippen LogP contribution in [0, 0.1) is 6.92 Å². The quantitative estimate of drug-likeness (QED) is 0.757. The first-order valence-corrected chi connectivity index (χ1v) is 9.77. The molecule has 2 N–H and O–H groups in total. The first kappa shape index (κ1) is 20.0. The summed E-state index contributed by atoms with van der Waals surface area (Å²) in [6.45, 7) is 3.17. The van der Waals surface area contributed by atoms with E-state index in [0.29, 0.717) is 16.3 Å². The van der Waals surface area contributed by atoms with E-state index in [0.717, 1.165) is 0 Å². The number of nitrogens with one attached hydrogen (secondary N) is 2. The van der Waals surface area contributed by atoms with E-state index in [2.05, 4.69) is 10.0 Å². The van der Waals surface area contributed by atoms with Gasteiger partial charge in [0.15, 0.2) is 0 Å². The van der Waals surface area contributed by atoms with Crippen LogP contribution in [-0.2, 0) is 14.8 Å². The third kappa shape index (κ3) is 4.86. The molecule has 2 rings (SSSR count). The van der Waals surface area contributed by atoms with Gasteiger partial charge in [0.05, 0.1) is 11.1 Å². The minimum Gasteiger partial charge on any atom is -0.324 e. The number of carbonyl (C=O) groups excluding carboxylic acids is 1. The van der Waals surface area contributed by atoms with Crippen molar-refractivity contribution in [3.63, 3.8) is 0 Å². The van der Waals surface area contributed by atoms with Gasteiger partial charge in [0.2, 0.25) is 15.9 Å². The van der Waals surface area contributed by atoms with E-state index in [1.807, 2.05) is 0 Å². The Morgan fingerprint density at radius 2 is 1.76 bits per heavy atom. The van der Waals surface area contributed by atoms with Gasteiger partial charge < -0.3 is 5.32 Å². The molecule has 0 aliphatic carbocycles. The fourth-order valence-electron chi connectivity index (χ4n) is 2.02. The summed E-state index contributed by atoms with van der Waals surface area (Å²) < 4.78 is 27.2. The highest BCUT2D eigenvalue weighted by Crippen LogP contribution is 2.25. The Labute approximate surface area is 161 Å². The van der Waals surface area contributed by atoms with E-state index < -0.39 is 22.0 Å². The number of benzene rings is 2. The maximum Gasteiger partial charge on any atom is 0.242 e. The summed E-state index contributed by atoms with van der Waals surface area (Å²) in [5.41, 5.74) is 1.19. The first-order chi connectivity index (χ1) is 11.6. The summed E-state index contributed by atoms with van der Waals surface area (Å²) in [6.07, 6.45) is 0. The lowest BCUT2D eigenvalue weighted by molar-refractivity contribution is -0.117. The lowest BCUT2D eigenvalue weighted by Crippen LogP contribution is -2.41. The Kier molecular flexibility index (Phi) is 6.35. The summed E-state index contributed by atoms with van der Waals surface area (Å²) in [5.74, 6) is -0.535. The molecule has 1 atom stereocenters. The molecule has 2 aromatic carbocycles. The van der Waals surface area contributed by atoms with Gasteiger partial charge in [-0.25, -0.2) is 8.42 Å². The predicted molar refractivity (Wildman–Crippen MR) is 101 cm³/mol. The van der Waals surface area contributed by atoms with Gasteiger partial charge in [0, 0.05) is 15.7 Å². The van der Waals surface area contributed by atoms with Gasteiger partial charge in [-0.2, -0.15) is 4.72 Å². The molecule has 0 bridgehead atoms. The second kappa shape index (κ2) is 7.93. The second-order valence-corrected chi connectivity index (χ2v) is 8.25. The Hall–Kier alpha value is -1.31. The number of hydrogen-bond acceptors (Lipinski definition) is 3. The second-order valence-electron chi connectivity index (χ2n) is 5.32. The van der Waals surface area contributed by atoms with E-state index in [1.165, 1.54) is 25.1 Å². The van der Waals surface area contributed by atoms with Crippen molar-refractivity contribution in [2.75, 3.05) is 5.32 Å². The molecule has 1 amide bonds. The van der Waals surface area contributed by atoms with Gasteiger partial charge in [0.1, 0.15) is 4.90 Å². The summed E-state index contributed by atoms with van der Waals surface area (Å²) in [6, 6.07) is 8.08. The minimum absolute atomic E-state index is 0.00944. The highest BCUT2D eigenvalue weighted by Gasteiger charge is 2.24. The van der Waals surface area contributed by atoms with Gasteiger partial charge >= 0.3 is 0 Å². The largest absolute Gasteiger partial charge is 0.324 e. The molecule has 9 heteroatoms. The summed E-state index contributed by atoms with van der Waals surface area (Å²) in [7, 11) is -4.02. The third-order valence-electron chi connectivity index (χ3n) is 3.43.